The van der Waals surface area contributed by atoms with E-state index in [-0.39, 0.29) is 5.97 Å². The van der Waals surface area contributed by atoms with Gasteiger partial charge in [0.2, 0.25) is 0 Å². The molecule has 0 aliphatic carbocycles. The number of hydrogen-bond acceptors (Lipinski definition) is 5. The first kappa shape index (κ1) is 25.7. The lowest BCUT2D eigenvalue weighted by atomic mass is 10.1. The van der Waals surface area contributed by atoms with Gasteiger partial charge in [0, 0.05) is 27.9 Å². The maximum Gasteiger partial charge on any atom is 0.338 e. The summed E-state index contributed by atoms with van der Waals surface area (Å²) in [5.74, 6) is 0.192. The average Bonchev–Trinajstić information content (AvgIpc) is 3.40. The van der Waals surface area contributed by atoms with Crippen LogP contribution in [-0.4, -0.2) is 37.8 Å². The van der Waals surface area contributed by atoms with Crippen LogP contribution in [0, 0.1) is 13.8 Å². The lowest BCUT2D eigenvalue weighted by Gasteiger charge is -2.11. The van der Waals surface area contributed by atoms with E-state index in [4.69, 9.17) is 40.2 Å². The second-order valence-corrected chi connectivity index (χ2v) is 9.25. The minimum atomic E-state index is -0.382. The van der Waals surface area contributed by atoms with E-state index in [1.807, 2.05) is 42.9 Å². The fourth-order valence-electron chi connectivity index (χ4n) is 3.78. The second kappa shape index (κ2) is 11.1. The van der Waals surface area contributed by atoms with Gasteiger partial charge in [0.05, 0.1) is 42.8 Å². The Morgan fingerprint density at radius 1 is 1.00 bits per heavy atom. The molecule has 0 saturated heterocycles. The van der Waals surface area contributed by atoms with Crippen LogP contribution in [0.1, 0.15) is 32.9 Å². The number of halogens is 2. The zero-order valence-corrected chi connectivity index (χ0v) is 22.2. The number of anilines is 2. The van der Waals surface area contributed by atoms with Crippen molar-refractivity contribution < 1.29 is 9.53 Å². The topological polar surface area (TPSA) is 86.0 Å². The van der Waals surface area contributed by atoms with E-state index < -0.39 is 0 Å². The van der Waals surface area contributed by atoms with Crippen molar-refractivity contribution in [2.75, 3.05) is 17.7 Å². The number of hydrogen-bond donors (Lipinski definition) is 2. The second-order valence-electron chi connectivity index (χ2n) is 8.03. The highest BCUT2D eigenvalue weighted by atomic mass is 35.5. The molecule has 0 radical (unpaired) electrons. The Labute approximate surface area is 224 Å². The Balaban J connectivity index is 1.44. The van der Waals surface area contributed by atoms with Gasteiger partial charge in [0.15, 0.2) is 10.9 Å². The predicted octanol–water partition coefficient (Wildman–Crippen LogP) is 5.70. The molecule has 0 aliphatic rings. The number of esters is 1. The van der Waals surface area contributed by atoms with Crippen molar-refractivity contribution in [2.24, 2.45) is 0 Å². The number of nitrogens with one attached hydrogen (secondary N) is 2. The Hall–Kier alpha value is -3.40. The van der Waals surface area contributed by atoms with E-state index in [0.717, 1.165) is 28.2 Å². The first-order valence-electron chi connectivity index (χ1n) is 11.0. The maximum atomic E-state index is 12.1. The molecule has 4 rings (SSSR count). The monoisotopic (exact) mass is 542 g/mol. The molecule has 8 nitrogen and oxygen atoms in total. The van der Waals surface area contributed by atoms with E-state index in [1.165, 1.54) is 7.11 Å². The zero-order valence-electron chi connectivity index (χ0n) is 19.9. The molecule has 4 aromatic rings. The number of aryl methyl sites for hydroxylation is 1. The van der Waals surface area contributed by atoms with Gasteiger partial charge < -0.3 is 15.4 Å². The van der Waals surface area contributed by atoms with Gasteiger partial charge in [-0.25, -0.2) is 4.79 Å². The van der Waals surface area contributed by atoms with Crippen molar-refractivity contribution in [2.45, 2.75) is 26.9 Å². The number of aromatic nitrogens is 4. The summed E-state index contributed by atoms with van der Waals surface area (Å²) in [6.45, 7) is 4.67. The third-order valence-corrected chi connectivity index (χ3v) is 6.54. The van der Waals surface area contributed by atoms with Gasteiger partial charge in [0.25, 0.3) is 0 Å². The molecule has 0 unspecified atom stereocenters. The summed E-state index contributed by atoms with van der Waals surface area (Å²) < 4.78 is 8.45. The van der Waals surface area contributed by atoms with Crippen LogP contribution in [0.25, 0.3) is 0 Å². The highest BCUT2D eigenvalue weighted by Crippen LogP contribution is 2.25. The normalized spacial score (nSPS) is 10.8. The molecular formula is C25H24Cl2N6O2S. The first-order chi connectivity index (χ1) is 17.3. The molecule has 186 valence electrons. The maximum absolute atomic E-state index is 12.1. The largest absolute Gasteiger partial charge is 0.465 e. The summed E-state index contributed by atoms with van der Waals surface area (Å²) in [5.41, 5.74) is 4.54. The molecule has 11 heteroatoms. The summed E-state index contributed by atoms with van der Waals surface area (Å²) in [6.07, 6.45) is 1.82. The molecule has 0 saturated carbocycles. The molecule has 0 bridgehead atoms. The predicted molar refractivity (Wildman–Crippen MR) is 146 cm³/mol. The quantitative estimate of drug-likeness (QED) is 0.229. The van der Waals surface area contributed by atoms with Crippen LogP contribution >= 0.6 is 35.4 Å². The third kappa shape index (κ3) is 5.70. The molecular weight excluding hydrogens is 519 g/mol. The Kier molecular flexibility index (Phi) is 7.93. The molecule has 0 fully saturated rings. The highest BCUT2D eigenvalue weighted by molar-refractivity contribution is 7.80. The fraction of sp³-hybridized carbons (Fsp3) is 0.200. The van der Waals surface area contributed by atoms with E-state index in [0.29, 0.717) is 39.6 Å². The number of nitrogens with zero attached hydrogens (tertiary/aromatic N) is 4. The Bertz CT molecular complexity index is 1410. The van der Waals surface area contributed by atoms with Crippen LogP contribution in [0.4, 0.5) is 11.5 Å². The molecule has 2 aromatic heterocycles. The standard InChI is InChI=1S/C25H24Cl2N6O2S/c1-15-23(16(2)33(30-15)13-17-7-4-5-8-18(17)24(34)35-3)29-25(36)28-22-11-12-32(31-22)14-19-20(26)9-6-10-21(19)27/h4-12H,13-14H2,1-3H3,(H2,28,29,31,36). The molecule has 2 aromatic carbocycles. The zero-order chi connectivity index (χ0) is 25.8. The summed E-state index contributed by atoms with van der Waals surface area (Å²) in [5, 5.41) is 17.0. The fourth-order valence-corrected chi connectivity index (χ4v) is 4.51. The highest BCUT2D eigenvalue weighted by Gasteiger charge is 2.17. The van der Waals surface area contributed by atoms with Gasteiger partial charge in [0.1, 0.15) is 0 Å². The van der Waals surface area contributed by atoms with Crippen LogP contribution in [0.3, 0.4) is 0 Å². The van der Waals surface area contributed by atoms with Crippen molar-refractivity contribution in [3.8, 4) is 0 Å². The van der Waals surface area contributed by atoms with Gasteiger partial charge in [-0.15, -0.1) is 0 Å². The number of rotatable bonds is 7. The number of methoxy groups -OCH3 is 1. The molecule has 2 N–H and O–H groups in total. The van der Waals surface area contributed by atoms with Crippen molar-refractivity contribution >= 4 is 58.0 Å². The number of thiocarbonyl (C=S) groups is 1. The Morgan fingerprint density at radius 3 is 2.44 bits per heavy atom. The summed E-state index contributed by atoms with van der Waals surface area (Å²) in [6, 6.07) is 14.5. The average molecular weight is 543 g/mol. The first-order valence-corrected chi connectivity index (χ1v) is 12.2. The summed E-state index contributed by atoms with van der Waals surface area (Å²) in [7, 11) is 1.37. The van der Waals surface area contributed by atoms with Crippen molar-refractivity contribution in [3.05, 3.63) is 92.9 Å². The van der Waals surface area contributed by atoms with Gasteiger partial charge in [-0.2, -0.15) is 10.2 Å². The van der Waals surface area contributed by atoms with Crippen LogP contribution in [0.15, 0.2) is 54.7 Å². The molecule has 2 heterocycles. The van der Waals surface area contributed by atoms with E-state index in [9.17, 15) is 4.79 Å². The lowest BCUT2D eigenvalue weighted by molar-refractivity contribution is 0.0599. The van der Waals surface area contributed by atoms with Crippen molar-refractivity contribution in [1.82, 2.24) is 19.6 Å². The molecule has 0 spiro atoms. The van der Waals surface area contributed by atoms with Crippen LogP contribution < -0.4 is 10.6 Å². The minimum absolute atomic E-state index is 0.372. The van der Waals surface area contributed by atoms with Crippen LogP contribution in [-0.2, 0) is 17.8 Å². The van der Waals surface area contributed by atoms with Crippen LogP contribution in [0.5, 0.6) is 0 Å². The third-order valence-electron chi connectivity index (χ3n) is 5.63. The summed E-state index contributed by atoms with van der Waals surface area (Å²) >= 11 is 18.1. The smallest absolute Gasteiger partial charge is 0.338 e. The molecule has 0 amide bonds. The number of carbonyl (C=O) groups is 1. The Morgan fingerprint density at radius 2 is 1.72 bits per heavy atom. The van der Waals surface area contributed by atoms with E-state index in [1.54, 1.807) is 35.0 Å². The van der Waals surface area contributed by atoms with Crippen molar-refractivity contribution in [3.63, 3.8) is 0 Å². The lowest BCUT2D eigenvalue weighted by Crippen LogP contribution is -2.20. The number of carbonyl (C=O) groups excluding carboxylic acids is 1. The number of ether oxygens (including phenoxy) is 1. The van der Waals surface area contributed by atoms with Gasteiger partial charge in [-0.3, -0.25) is 9.36 Å². The minimum Gasteiger partial charge on any atom is -0.465 e. The SMILES string of the molecule is COC(=O)c1ccccc1Cn1nc(C)c(NC(=S)Nc2ccn(Cc3c(Cl)cccc3Cl)n2)c1C. The van der Waals surface area contributed by atoms with Crippen molar-refractivity contribution in [1.29, 1.82) is 0 Å². The summed E-state index contributed by atoms with van der Waals surface area (Å²) in [4.78, 5) is 12.1. The van der Waals surface area contributed by atoms with Gasteiger partial charge in [-0.1, -0.05) is 47.5 Å². The molecule has 0 atom stereocenters. The van der Waals surface area contributed by atoms with Gasteiger partial charge in [-0.05, 0) is 49.8 Å². The molecule has 0 aliphatic heterocycles. The van der Waals surface area contributed by atoms with E-state index in [2.05, 4.69) is 20.8 Å². The molecule has 36 heavy (non-hydrogen) atoms. The van der Waals surface area contributed by atoms with E-state index >= 15 is 0 Å². The number of benzene rings is 2. The van der Waals surface area contributed by atoms with Crippen LogP contribution in [0.2, 0.25) is 10.0 Å². The van der Waals surface area contributed by atoms with Gasteiger partial charge >= 0.3 is 5.97 Å².